The highest BCUT2D eigenvalue weighted by Gasteiger charge is 2.33. The van der Waals surface area contributed by atoms with Gasteiger partial charge in [0, 0.05) is 25.7 Å². The number of carbonyl (C=O) groups is 1. The first kappa shape index (κ1) is 16.2. The molecule has 0 spiro atoms. The van der Waals surface area contributed by atoms with Crippen molar-refractivity contribution < 1.29 is 4.79 Å². The van der Waals surface area contributed by atoms with E-state index in [4.69, 9.17) is 0 Å². The molecule has 1 saturated carbocycles. The number of aromatic nitrogens is 2. The van der Waals surface area contributed by atoms with Crippen molar-refractivity contribution in [1.29, 1.82) is 0 Å². The summed E-state index contributed by atoms with van der Waals surface area (Å²) in [6.07, 6.45) is 11.0. The first-order valence-electron chi connectivity index (χ1n) is 9.02. The van der Waals surface area contributed by atoms with E-state index in [-0.39, 0.29) is 11.5 Å². The van der Waals surface area contributed by atoms with Crippen LogP contribution in [0.3, 0.4) is 0 Å². The zero-order valence-corrected chi connectivity index (χ0v) is 14.0. The fraction of sp³-hybridized carbons (Fsp3) is 0.722. The standard InChI is InChI=1S/C18H27N3O2/c1-20-17(22)12-11-15(19-20)18(23)21-13-7-3-6-10-16(21)14-8-4-2-5-9-14/h11-12,14,16H,2-10,13H2,1H3/t16-/m1/s1. The molecule has 1 aromatic heterocycles. The van der Waals surface area contributed by atoms with Gasteiger partial charge in [0.1, 0.15) is 5.69 Å². The molecule has 0 bridgehead atoms. The highest BCUT2D eigenvalue weighted by molar-refractivity contribution is 5.92. The molecule has 2 heterocycles. The summed E-state index contributed by atoms with van der Waals surface area (Å²) < 4.78 is 1.25. The topological polar surface area (TPSA) is 55.2 Å². The van der Waals surface area contributed by atoms with Crippen molar-refractivity contribution >= 4 is 5.91 Å². The Morgan fingerprint density at radius 1 is 1.04 bits per heavy atom. The van der Waals surface area contributed by atoms with Gasteiger partial charge in [-0.15, -0.1) is 0 Å². The lowest BCUT2D eigenvalue weighted by Crippen LogP contribution is -2.45. The summed E-state index contributed by atoms with van der Waals surface area (Å²) in [5, 5.41) is 4.17. The van der Waals surface area contributed by atoms with Crippen molar-refractivity contribution in [2.75, 3.05) is 6.54 Å². The van der Waals surface area contributed by atoms with Gasteiger partial charge in [0.05, 0.1) is 0 Å². The van der Waals surface area contributed by atoms with E-state index in [0.717, 1.165) is 19.4 Å². The number of nitrogens with zero attached hydrogens (tertiary/aromatic N) is 3. The Bertz CT molecular complexity index is 605. The Morgan fingerprint density at radius 3 is 2.48 bits per heavy atom. The molecular weight excluding hydrogens is 290 g/mol. The molecule has 1 atom stereocenters. The van der Waals surface area contributed by atoms with Crippen molar-refractivity contribution in [3.63, 3.8) is 0 Å². The SMILES string of the molecule is Cn1nc(C(=O)N2CCCCC[C@@H]2C2CCCCC2)ccc1=O. The Labute approximate surface area is 137 Å². The Balaban J connectivity index is 1.84. The van der Waals surface area contributed by atoms with Gasteiger partial charge in [-0.25, -0.2) is 4.68 Å². The summed E-state index contributed by atoms with van der Waals surface area (Å²) in [6, 6.07) is 3.37. The number of hydrogen-bond donors (Lipinski definition) is 0. The van der Waals surface area contributed by atoms with E-state index in [9.17, 15) is 9.59 Å². The molecule has 0 N–H and O–H groups in total. The number of likely N-dealkylation sites (tertiary alicyclic amines) is 1. The van der Waals surface area contributed by atoms with E-state index >= 15 is 0 Å². The minimum atomic E-state index is -0.179. The van der Waals surface area contributed by atoms with E-state index in [1.807, 2.05) is 0 Å². The normalized spacial score (nSPS) is 23.5. The number of amides is 1. The van der Waals surface area contributed by atoms with Crippen LogP contribution in [0.5, 0.6) is 0 Å². The quantitative estimate of drug-likeness (QED) is 0.843. The van der Waals surface area contributed by atoms with Crippen LogP contribution in [0.4, 0.5) is 0 Å². The number of hydrogen-bond acceptors (Lipinski definition) is 3. The fourth-order valence-corrected chi connectivity index (χ4v) is 4.16. The fourth-order valence-electron chi connectivity index (χ4n) is 4.16. The molecule has 5 nitrogen and oxygen atoms in total. The summed E-state index contributed by atoms with van der Waals surface area (Å²) in [5.74, 6) is 0.636. The van der Waals surface area contributed by atoms with Gasteiger partial charge in [-0.2, -0.15) is 5.10 Å². The molecule has 1 saturated heterocycles. The molecule has 0 unspecified atom stereocenters. The third-order valence-corrected chi connectivity index (χ3v) is 5.43. The smallest absolute Gasteiger partial charge is 0.274 e. The monoisotopic (exact) mass is 317 g/mol. The lowest BCUT2D eigenvalue weighted by atomic mass is 9.81. The van der Waals surface area contributed by atoms with Crippen LogP contribution in [0, 0.1) is 5.92 Å². The lowest BCUT2D eigenvalue weighted by molar-refractivity contribution is 0.0566. The lowest BCUT2D eigenvalue weighted by Gasteiger charge is -2.37. The van der Waals surface area contributed by atoms with Crippen LogP contribution < -0.4 is 5.56 Å². The molecule has 1 aliphatic heterocycles. The first-order chi connectivity index (χ1) is 11.2. The van der Waals surface area contributed by atoms with E-state index in [2.05, 4.69) is 10.00 Å². The number of rotatable bonds is 2. The van der Waals surface area contributed by atoms with E-state index in [1.54, 1.807) is 13.1 Å². The maximum atomic E-state index is 13.0. The van der Waals surface area contributed by atoms with E-state index in [1.165, 1.54) is 55.7 Å². The number of aryl methyl sites for hydroxylation is 1. The third kappa shape index (κ3) is 3.65. The van der Waals surface area contributed by atoms with Crippen LogP contribution >= 0.6 is 0 Å². The summed E-state index contributed by atoms with van der Waals surface area (Å²) in [4.78, 5) is 26.6. The van der Waals surface area contributed by atoms with E-state index < -0.39 is 0 Å². The molecule has 2 fully saturated rings. The summed E-state index contributed by atoms with van der Waals surface area (Å²) in [7, 11) is 1.60. The predicted molar refractivity (Wildman–Crippen MR) is 89.3 cm³/mol. The van der Waals surface area contributed by atoms with Crippen LogP contribution in [0.1, 0.15) is 68.3 Å². The molecule has 126 valence electrons. The molecule has 3 rings (SSSR count). The number of carbonyl (C=O) groups excluding carboxylic acids is 1. The second-order valence-electron chi connectivity index (χ2n) is 6.99. The van der Waals surface area contributed by atoms with Crippen LogP contribution in [0.25, 0.3) is 0 Å². The predicted octanol–water partition coefficient (Wildman–Crippen LogP) is 2.75. The molecule has 1 aliphatic carbocycles. The molecular formula is C18H27N3O2. The molecule has 2 aliphatic rings. The van der Waals surface area contributed by atoms with Gasteiger partial charge in [-0.1, -0.05) is 32.1 Å². The molecule has 0 radical (unpaired) electrons. The highest BCUT2D eigenvalue weighted by atomic mass is 16.2. The second-order valence-corrected chi connectivity index (χ2v) is 6.99. The molecule has 5 heteroatoms. The maximum Gasteiger partial charge on any atom is 0.274 e. The minimum Gasteiger partial charge on any atom is -0.334 e. The second kappa shape index (κ2) is 7.28. The van der Waals surface area contributed by atoms with Gasteiger partial charge in [-0.05, 0) is 37.7 Å². The van der Waals surface area contributed by atoms with Gasteiger partial charge >= 0.3 is 0 Å². The van der Waals surface area contributed by atoms with Crippen LogP contribution in [0.15, 0.2) is 16.9 Å². The zero-order chi connectivity index (χ0) is 16.2. The average Bonchev–Trinajstić information content (AvgIpc) is 2.83. The Morgan fingerprint density at radius 2 is 1.74 bits per heavy atom. The van der Waals surface area contributed by atoms with Gasteiger partial charge < -0.3 is 4.90 Å². The largest absolute Gasteiger partial charge is 0.334 e. The molecule has 23 heavy (non-hydrogen) atoms. The first-order valence-corrected chi connectivity index (χ1v) is 9.02. The summed E-state index contributed by atoms with van der Waals surface area (Å²) in [5.41, 5.74) is 0.219. The van der Waals surface area contributed by atoms with Crippen LogP contribution in [0.2, 0.25) is 0 Å². The summed E-state index contributed by atoms with van der Waals surface area (Å²) >= 11 is 0. The van der Waals surface area contributed by atoms with Crippen molar-refractivity contribution in [3.05, 3.63) is 28.2 Å². The van der Waals surface area contributed by atoms with E-state index in [0.29, 0.717) is 17.7 Å². The van der Waals surface area contributed by atoms with Crippen molar-refractivity contribution in [3.8, 4) is 0 Å². The molecule has 0 aromatic carbocycles. The Kier molecular flexibility index (Phi) is 5.13. The van der Waals surface area contributed by atoms with Crippen molar-refractivity contribution in [2.24, 2.45) is 13.0 Å². The van der Waals surface area contributed by atoms with Crippen molar-refractivity contribution in [1.82, 2.24) is 14.7 Å². The van der Waals surface area contributed by atoms with Gasteiger partial charge in [-0.3, -0.25) is 9.59 Å². The highest BCUT2D eigenvalue weighted by Crippen LogP contribution is 2.33. The molecule has 1 aromatic rings. The van der Waals surface area contributed by atoms with Crippen molar-refractivity contribution in [2.45, 2.75) is 63.8 Å². The Hall–Kier alpha value is -1.65. The van der Waals surface area contributed by atoms with Gasteiger partial charge in [0.2, 0.25) is 0 Å². The van der Waals surface area contributed by atoms with Crippen LogP contribution in [-0.2, 0) is 7.05 Å². The summed E-state index contributed by atoms with van der Waals surface area (Å²) in [6.45, 7) is 0.824. The van der Waals surface area contributed by atoms with Gasteiger partial charge in [0.25, 0.3) is 11.5 Å². The minimum absolute atomic E-state index is 0.00178. The third-order valence-electron chi connectivity index (χ3n) is 5.43. The van der Waals surface area contributed by atoms with Gasteiger partial charge in [0.15, 0.2) is 0 Å². The maximum absolute atomic E-state index is 13.0. The molecule has 1 amide bonds. The van der Waals surface area contributed by atoms with Crippen LogP contribution in [-0.4, -0.2) is 33.2 Å². The average molecular weight is 317 g/mol. The zero-order valence-electron chi connectivity index (χ0n) is 14.0.